The van der Waals surface area contributed by atoms with E-state index in [-0.39, 0.29) is 11.4 Å². The number of hydrogen-bond donors (Lipinski definition) is 1. The predicted molar refractivity (Wildman–Crippen MR) is 65.4 cm³/mol. The lowest BCUT2D eigenvalue weighted by Gasteiger charge is -2.43. The highest BCUT2D eigenvalue weighted by molar-refractivity contribution is 5.80. The van der Waals surface area contributed by atoms with Gasteiger partial charge in [-0.25, -0.2) is 0 Å². The first kappa shape index (κ1) is 10.2. The van der Waals surface area contributed by atoms with Crippen LogP contribution in [0.15, 0.2) is 0 Å². The van der Waals surface area contributed by atoms with Crippen LogP contribution in [0.4, 0.5) is 0 Å². The Labute approximate surface area is 107 Å². The standard InChI is InChI=1S/C15H21NO2/c16-11-5-7-3-9(11)12-8-4-10(13(7)12)15(6-8)1-2-18-14(15)17/h7-13H,1-6,16H2/t7?,8?,9?,10?,11?,12-,13?,15?/m0/s1. The molecule has 0 aromatic heterocycles. The number of hydrogen-bond acceptors (Lipinski definition) is 3. The Hall–Kier alpha value is -0.570. The fourth-order valence-corrected chi connectivity index (χ4v) is 6.93. The lowest BCUT2D eigenvalue weighted by molar-refractivity contribution is -0.151. The van der Waals surface area contributed by atoms with Gasteiger partial charge in [0.25, 0.3) is 0 Å². The molecule has 0 radical (unpaired) electrons. The SMILES string of the molecule is NC1CC2CC1[C@@H]1C3CC(C21)C1(CCOC1=O)C3. The average Bonchev–Trinajstić information content (AvgIpc) is 3.05. The van der Waals surface area contributed by atoms with Gasteiger partial charge in [0.05, 0.1) is 12.0 Å². The van der Waals surface area contributed by atoms with Crippen LogP contribution in [-0.2, 0) is 9.53 Å². The highest BCUT2D eigenvalue weighted by Crippen LogP contribution is 2.73. The summed E-state index contributed by atoms with van der Waals surface area (Å²) < 4.78 is 5.33. The van der Waals surface area contributed by atoms with Gasteiger partial charge in [0.1, 0.15) is 0 Å². The van der Waals surface area contributed by atoms with Gasteiger partial charge < -0.3 is 10.5 Å². The third-order valence-corrected chi connectivity index (χ3v) is 7.27. The number of esters is 1. The predicted octanol–water partition coefficient (Wildman–Crippen LogP) is 1.56. The molecule has 0 aromatic carbocycles. The Balaban J connectivity index is 1.55. The van der Waals surface area contributed by atoms with E-state index in [1.807, 2.05) is 0 Å². The van der Waals surface area contributed by atoms with Gasteiger partial charge in [-0.2, -0.15) is 0 Å². The van der Waals surface area contributed by atoms with Crippen molar-refractivity contribution in [2.45, 2.75) is 38.1 Å². The van der Waals surface area contributed by atoms with Crippen LogP contribution in [-0.4, -0.2) is 18.6 Å². The molecule has 4 bridgehead atoms. The lowest BCUT2D eigenvalue weighted by atomic mass is 9.60. The van der Waals surface area contributed by atoms with Crippen molar-refractivity contribution in [3.8, 4) is 0 Å². The fourth-order valence-electron chi connectivity index (χ4n) is 6.93. The van der Waals surface area contributed by atoms with Gasteiger partial charge in [-0.05, 0) is 67.6 Å². The van der Waals surface area contributed by atoms with Gasteiger partial charge in [-0.15, -0.1) is 0 Å². The van der Waals surface area contributed by atoms with Gasteiger partial charge in [0.15, 0.2) is 0 Å². The van der Waals surface area contributed by atoms with Crippen molar-refractivity contribution in [2.24, 2.45) is 46.7 Å². The van der Waals surface area contributed by atoms with Crippen LogP contribution in [0.5, 0.6) is 0 Å². The Morgan fingerprint density at radius 1 is 1.17 bits per heavy atom. The van der Waals surface area contributed by atoms with Crippen molar-refractivity contribution < 1.29 is 9.53 Å². The molecule has 0 aromatic rings. The van der Waals surface area contributed by atoms with Gasteiger partial charge >= 0.3 is 5.97 Å². The summed E-state index contributed by atoms with van der Waals surface area (Å²) in [6.07, 6.45) is 5.99. The summed E-state index contributed by atoms with van der Waals surface area (Å²) in [5.41, 5.74) is 6.23. The molecular formula is C15H21NO2. The first-order chi connectivity index (χ1) is 8.71. The first-order valence-electron chi connectivity index (χ1n) is 7.63. The maximum absolute atomic E-state index is 12.2. The van der Waals surface area contributed by atoms with Gasteiger partial charge in [0, 0.05) is 6.04 Å². The summed E-state index contributed by atoms with van der Waals surface area (Å²) >= 11 is 0. The molecule has 5 rings (SSSR count). The molecule has 0 amide bonds. The number of carbonyl (C=O) groups is 1. The molecule has 4 aliphatic carbocycles. The third-order valence-electron chi connectivity index (χ3n) is 7.27. The molecule has 1 aliphatic heterocycles. The molecule has 98 valence electrons. The van der Waals surface area contributed by atoms with Crippen LogP contribution in [0.1, 0.15) is 32.1 Å². The van der Waals surface area contributed by atoms with E-state index in [1.165, 1.54) is 19.3 Å². The molecule has 5 aliphatic rings. The summed E-state index contributed by atoms with van der Waals surface area (Å²) in [4.78, 5) is 12.2. The summed E-state index contributed by atoms with van der Waals surface area (Å²) in [5, 5.41) is 0. The van der Waals surface area contributed by atoms with E-state index in [4.69, 9.17) is 10.5 Å². The van der Waals surface area contributed by atoms with Crippen molar-refractivity contribution in [2.75, 3.05) is 6.61 Å². The summed E-state index contributed by atoms with van der Waals surface area (Å²) in [7, 11) is 0. The van der Waals surface area contributed by atoms with Gasteiger partial charge in [0.2, 0.25) is 0 Å². The zero-order chi connectivity index (χ0) is 12.1. The minimum absolute atomic E-state index is 0.0552. The number of nitrogens with two attached hydrogens (primary N) is 1. The van der Waals surface area contributed by atoms with Gasteiger partial charge in [-0.1, -0.05) is 0 Å². The second-order valence-corrected chi connectivity index (χ2v) is 7.56. The van der Waals surface area contributed by atoms with Crippen LogP contribution in [0.25, 0.3) is 0 Å². The zero-order valence-corrected chi connectivity index (χ0v) is 10.7. The molecule has 3 heteroatoms. The highest BCUT2D eigenvalue weighted by atomic mass is 16.5. The van der Waals surface area contributed by atoms with E-state index in [0.717, 1.165) is 42.4 Å². The Kier molecular flexibility index (Phi) is 1.68. The molecule has 4 saturated carbocycles. The molecular weight excluding hydrogens is 226 g/mol. The molecule has 7 unspecified atom stereocenters. The van der Waals surface area contributed by atoms with Crippen LogP contribution >= 0.6 is 0 Å². The first-order valence-corrected chi connectivity index (χ1v) is 7.63. The number of ether oxygens (including phenoxy) is 1. The highest BCUT2D eigenvalue weighted by Gasteiger charge is 2.71. The average molecular weight is 247 g/mol. The minimum atomic E-state index is -0.0552. The molecule has 18 heavy (non-hydrogen) atoms. The van der Waals surface area contributed by atoms with Crippen molar-refractivity contribution in [1.29, 1.82) is 0 Å². The number of carbonyl (C=O) groups excluding carboxylic acids is 1. The normalized spacial score (nSPS) is 63.8. The van der Waals surface area contributed by atoms with E-state index in [9.17, 15) is 4.79 Å². The third kappa shape index (κ3) is 0.910. The van der Waals surface area contributed by atoms with E-state index < -0.39 is 0 Å². The Morgan fingerprint density at radius 3 is 2.83 bits per heavy atom. The van der Waals surface area contributed by atoms with E-state index in [0.29, 0.717) is 18.6 Å². The topological polar surface area (TPSA) is 52.3 Å². The van der Waals surface area contributed by atoms with E-state index in [2.05, 4.69) is 0 Å². The van der Waals surface area contributed by atoms with Crippen LogP contribution in [0.3, 0.4) is 0 Å². The van der Waals surface area contributed by atoms with Crippen molar-refractivity contribution in [3.05, 3.63) is 0 Å². The molecule has 1 saturated heterocycles. The van der Waals surface area contributed by atoms with Crippen molar-refractivity contribution in [1.82, 2.24) is 0 Å². The smallest absolute Gasteiger partial charge is 0.312 e. The molecule has 3 nitrogen and oxygen atoms in total. The zero-order valence-electron chi connectivity index (χ0n) is 10.7. The van der Waals surface area contributed by atoms with E-state index >= 15 is 0 Å². The van der Waals surface area contributed by atoms with E-state index in [1.54, 1.807) is 0 Å². The van der Waals surface area contributed by atoms with Crippen molar-refractivity contribution >= 4 is 5.97 Å². The second-order valence-electron chi connectivity index (χ2n) is 7.56. The molecule has 8 atom stereocenters. The summed E-state index contributed by atoms with van der Waals surface area (Å²) in [6, 6.07) is 0.460. The van der Waals surface area contributed by atoms with Gasteiger partial charge in [-0.3, -0.25) is 4.79 Å². The van der Waals surface area contributed by atoms with Crippen LogP contribution < -0.4 is 5.73 Å². The second kappa shape index (κ2) is 2.95. The lowest BCUT2D eigenvalue weighted by Crippen LogP contribution is -2.46. The monoisotopic (exact) mass is 247 g/mol. The maximum Gasteiger partial charge on any atom is 0.312 e. The molecule has 2 N–H and O–H groups in total. The van der Waals surface area contributed by atoms with Crippen LogP contribution in [0.2, 0.25) is 0 Å². The number of rotatable bonds is 0. The quantitative estimate of drug-likeness (QED) is 0.522. The maximum atomic E-state index is 12.2. The molecule has 1 heterocycles. The Morgan fingerprint density at radius 2 is 2.06 bits per heavy atom. The fraction of sp³-hybridized carbons (Fsp3) is 0.933. The molecule has 5 fully saturated rings. The Bertz CT molecular complexity index is 436. The minimum Gasteiger partial charge on any atom is -0.465 e. The van der Waals surface area contributed by atoms with Crippen molar-refractivity contribution in [3.63, 3.8) is 0 Å². The summed E-state index contributed by atoms with van der Waals surface area (Å²) in [6.45, 7) is 0.674. The number of fused-ring (bicyclic) bond motifs is 10. The largest absolute Gasteiger partial charge is 0.465 e. The number of cyclic esters (lactones) is 1. The van der Waals surface area contributed by atoms with Crippen LogP contribution in [0, 0.1) is 40.9 Å². The molecule has 1 spiro atoms. The summed E-state index contributed by atoms with van der Waals surface area (Å²) in [5.74, 6) is 4.86.